The second-order valence-corrected chi connectivity index (χ2v) is 6.24. The largest absolute Gasteiger partial charge is 0.497 e. The van der Waals surface area contributed by atoms with Crippen molar-refractivity contribution in [3.05, 3.63) is 58.7 Å². The van der Waals surface area contributed by atoms with Gasteiger partial charge in [-0.15, -0.1) is 0 Å². The Morgan fingerprint density at radius 2 is 1.73 bits per heavy atom. The van der Waals surface area contributed by atoms with Crippen LogP contribution in [0, 0.1) is 13.8 Å². The molecule has 2 aromatic rings. The van der Waals surface area contributed by atoms with Gasteiger partial charge in [-0.1, -0.05) is 6.07 Å². The zero-order valence-corrected chi connectivity index (χ0v) is 15.7. The van der Waals surface area contributed by atoms with Crippen molar-refractivity contribution in [2.45, 2.75) is 20.8 Å². The van der Waals surface area contributed by atoms with Crippen LogP contribution in [0.4, 0.5) is 5.69 Å². The Hall–Kier alpha value is -3.08. The van der Waals surface area contributed by atoms with Gasteiger partial charge in [0.05, 0.1) is 31.2 Å². The molecule has 0 aromatic heterocycles. The number of carbonyl (C=O) groups excluding carboxylic acids is 1. The first-order valence-electron chi connectivity index (χ1n) is 8.35. The van der Waals surface area contributed by atoms with Crippen molar-refractivity contribution in [1.82, 2.24) is 0 Å². The van der Waals surface area contributed by atoms with Gasteiger partial charge in [0.25, 0.3) is 5.91 Å². The molecule has 1 heterocycles. The van der Waals surface area contributed by atoms with E-state index in [1.807, 2.05) is 57.2 Å². The topological polar surface area (TPSA) is 51.1 Å². The van der Waals surface area contributed by atoms with E-state index in [1.165, 1.54) is 10.6 Å². The van der Waals surface area contributed by atoms with Crippen LogP contribution >= 0.6 is 0 Å². The van der Waals surface area contributed by atoms with Crippen LogP contribution in [0.25, 0.3) is 6.08 Å². The number of carbonyl (C=O) groups is 1. The van der Waals surface area contributed by atoms with Crippen LogP contribution in [-0.4, -0.2) is 25.8 Å². The van der Waals surface area contributed by atoms with Gasteiger partial charge in [0.15, 0.2) is 0 Å². The molecule has 0 spiro atoms. The van der Waals surface area contributed by atoms with Gasteiger partial charge >= 0.3 is 0 Å². The molecule has 3 rings (SSSR count). The second kappa shape index (κ2) is 7.04. The highest BCUT2D eigenvalue weighted by Gasteiger charge is 2.29. The molecule has 0 radical (unpaired) electrons. The van der Waals surface area contributed by atoms with Crippen molar-refractivity contribution in [2.24, 2.45) is 5.10 Å². The standard InChI is InChI=1S/C21H22N2O3/c1-13-6-7-17(10-14(13)2)23-21(24)19(15(3)22-23)12-16-11-18(25-4)8-9-20(16)26-5/h6-12H,1-5H3. The number of benzene rings is 2. The number of hydrazone groups is 1. The maximum atomic E-state index is 12.9. The zero-order chi connectivity index (χ0) is 18.8. The predicted octanol–water partition coefficient (Wildman–Crippen LogP) is 4.13. The third kappa shape index (κ3) is 3.20. The first-order chi connectivity index (χ1) is 12.4. The lowest BCUT2D eigenvalue weighted by molar-refractivity contribution is -0.114. The Balaban J connectivity index is 2.00. The van der Waals surface area contributed by atoms with Crippen LogP contribution in [0.2, 0.25) is 0 Å². The lowest BCUT2D eigenvalue weighted by atomic mass is 10.1. The van der Waals surface area contributed by atoms with E-state index in [0.717, 1.165) is 16.8 Å². The number of hydrogen-bond acceptors (Lipinski definition) is 4. The molecule has 2 aromatic carbocycles. The SMILES string of the molecule is COc1ccc(OC)c(C=C2C(=O)N(c3ccc(C)c(C)c3)N=C2C)c1. The van der Waals surface area contributed by atoms with Gasteiger partial charge < -0.3 is 9.47 Å². The van der Waals surface area contributed by atoms with Gasteiger partial charge in [-0.2, -0.15) is 10.1 Å². The lowest BCUT2D eigenvalue weighted by Gasteiger charge is -2.13. The van der Waals surface area contributed by atoms with Gasteiger partial charge in [0, 0.05) is 5.56 Å². The molecule has 0 atom stereocenters. The van der Waals surface area contributed by atoms with Gasteiger partial charge in [-0.3, -0.25) is 4.79 Å². The Morgan fingerprint density at radius 1 is 0.962 bits per heavy atom. The first-order valence-corrected chi connectivity index (χ1v) is 8.35. The normalized spacial score (nSPS) is 15.4. The van der Waals surface area contributed by atoms with Crippen molar-refractivity contribution >= 4 is 23.4 Å². The summed E-state index contributed by atoms with van der Waals surface area (Å²) in [5.41, 5.74) is 5.03. The molecule has 1 amide bonds. The molecule has 5 heteroatoms. The fraction of sp³-hybridized carbons (Fsp3) is 0.238. The summed E-state index contributed by atoms with van der Waals surface area (Å²) in [4.78, 5) is 12.9. The molecule has 0 saturated heterocycles. The Kier molecular flexibility index (Phi) is 4.80. The molecule has 1 aliphatic rings. The summed E-state index contributed by atoms with van der Waals surface area (Å²) in [5.74, 6) is 1.21. The quantitative estimate of drug-likeness (QED) is 0.779. The van der Waals surface area contributed by atoms with Gasteiger partial charge in [0.1, 0.15) is 11.5 Å². The van der Waals surface area contributed by atoms with Crippen LogP contribution in [-0.2, 0) is 4.79 Å². The highest BCUT2D eigenvalue weighted by molar-refractivity contribution is 6.32. The van der Waals surface area contributed by atoms with Crippen molar-refractivity contribution in [1.29, 1.82) is 0 Å². The number of nitrogens with zero attached hydrogens (tertiary/aromatic N) is 2. The van der Waals surface area contributed by atoms with Crippen molar-refractivity contribution in [3.63, 3.8) is 0 Å². The summed E-state index contributed by atoms with van der Waals surface area (Å²) >= 11 is 0. The highest BCUT2D eigenvalue weighted by atomic mass is 16.5. The summed E-state index contributed by atoms with van der Waals surface area (Å²) in [7, 11) is 3.20. The molecule has 0 saturated carbocycles. The second-order valence-electron chi connectivity index (χ2n) is 6.24. The summed E-state index contributed by atoms with van der Waals surface area (Å²) in [6.45, 7) is 5.89. The van der Waals surface area contributed by atoms with Crippen molar-refractivity contribution in [3.8, 4) is 11.5 Å². The molecule has 26 heavy (non-hydrogen) atoms. The van der Waals surface area contributed by atoms with Gasteiger partial charge in [-0.25, -0.2) is 0 Å². The summed E-state index contributed by atoms with van der Waals surface area (Å²) in [6.07, 6.45) is 1.80. The third-order valence-electron chi connectivity index (χ3n) is 4.53. The van der Waals surface area contributed by atoms with Crippen LogP contribution < -0.4 is 14.5 Å². The number of hydrogen-bond donors (Lipinski definition) is 0. The van der Waals surface area contributed by atoms with E-state index in [0.29, 0.717) is 22.8 Å². The van der Waals surface area contributed by atoms with E-state index in [1.54, 1.807) is 20.3 Å². The minimum absolute atomic E-state index is 0.157. The van der Waals surface area contributed by atoms with E-state index in [4.69, 9.17) is 9.47 Å². The van der Waals surface area contributed by atoms with E-state index < -0.39 is 0 Å². The monoisotopic (exact) mass is 350 g/mol. The maximum absolute atomic E-state index is 12.9. The average Bonchev–Trinajstić information content (AvgIpc) is 2.92. The van der Waals surface area contributed by atoms with E-state index in [-0.39, 0.29) is 5.91 Å². The van der Waals surface area contributed by atoms with Crippen molar-refractivity contribution < 1.29 is 14.3 Å². The van der Waals surface area contributed by atoms with E-state index in [2.05, 4.69) is 5.10 Å². The number of amides is 1. The Bertz CT molecular complexity index is 929. The molecule has 0 unspecified atom stereocenters. The predicted molar refractivity (Wildman–Crippen MR) is 104 cm³/mol. The number of rotatable bonds is 4. The smallest absolute Gasteiger partial charge is 0.280 e. The third-order valence-corrected chi connectivity index (χ3v) is 4.53. The lowest BCUT2D eigenvalue weighted by Crippen LogP contribution is -2.21. The van der Waals surface area contributed by atoms with Crippen LogP contribution in [0.1, 0.15) is 23.6 Å². The molecule has 0 N–H and O–H groups in total. The van der Waals surface area contributed by atoms with Gasteiger partial charge in [0.2, 0.25) is 0 Å². The fourth-order valence-electron chi connectivity index (χ4n) is 2.82. The molecule has 0 fully saturated rings. The minimum Gasteiger partial charge on any atom is -0.497 e. The molecular formula is C21H22N2O3. The molecule has 5 nitrogen and oxygen atoms in total. The Morgan fingerprint density at radius 3 is 2.38 bits per heavy atom. The summed E-state index contributed by atoms with van der Waals surface area (Å²) in [6, 6.07) is 11.4. The summed E-state index contributed by atoms with van der Waals surface area (Å²) in [5, 5.41) is 5.89. The number of methoxy groups -OCH3 is 2. The molecule has 1 aliphatic heterocycles. The Labute approximate surface area is 153 Å². The zero-order valence-electron chi connectivity index (χ0n) is 15.7. The van der Waals surface area contributed by atoms with Crippen LogP contribution in [0.5, 0.6) is 11.5 Å². The van der Waals surface area contributed by atoms with Crippen molar-refractivity contribution in [2.75, 3.05) is 19.2 Å². The molecular weight excluding hydrogens is 328 g/mol. The van der Waals surface area contributed by atoms with Gasteiger partial charge in [-0.05, 0) is 68.3 Å². The number of ether oxygens (including phenoxy) is 2. The fourth-order valence-corrected chi connectivity index (χ4v) is 2.82. The molecule has 0 bridgehead atoms. The molecule has 134 valence electrons. The highest BCUT2D eigenvalue weighted by Crippen LogP contribution is 2.30. The average molecular weight is 350 g/mol. The van der Waals surface area contributed by atoms with E-state index in [9.17, 15) is 4.79 Å². The first kappa shape index (κ1) is 17.7. The van der Waals surface area contributed by atoms with Crippen LogP contribution in [0.15, 0.2) is 47.1 Å². The number of anilines is 1. The summed E-state index contributed by atoms with van der Waals surface area (Å²) < 4.78 is 10.7. The van der Waals surface area contributed by atoms with E-state index >= 15 is 0 Å². The molecule has 0 aliphatic carbocycles. The number of aryl methyl sites for hydroxylation is 2. The minimum atomic E-state index is -0.157. The maximum Gasteiger partial charge on any atom is 0.280 e. The van der Waals surface area contributed by atoms with Crippen LogP contribution in [0.3, 0.4) is 0 Å².